The summed E-state index contributed by atoms with van der Waals surface area (Å²) in [6.07, 6.45) is 0. The van der Waals surface area contributed by atoms with Crippen molar-refractivity contribution in [1.82, 2.24) is 10.2 Å². The Kier molecular flexibility index (Phi) is 6.20. The van der Waals surface area contributed by atoms with Crippen LogP contribution >= 0.6 is 23.4 Å². The van der Waals surface area contributed by atoms with Crippen LogP contribution in [0.5, 0.6) is 11.5 Å². The number of carbonyl (C=O) groups is 1. The first-order valence-corrected chi connectivity index (χ1v) is 9.20. The monoisotopic (exact) mass is 405 g/mol. The highest BCUT2D eigenvalue weighted by Gasteiger charge is 2.14. The van der Waals surface area contributed by atoms with Crippen LogP contribution < -0.4 is 14.8 Å². The fraction of sp³-hybridized carbons (Fsp3) is 0.167. The van der Waals surface area contributed by atoms with Crippen molar-refractivity contribution in [2.45, 2.75) is 5.22 Å². The molecule has 0 aliphatic carbocycles. The first kappa shape index (κ1) is 19.1. The average Bonchev–Trinajstić information content (AvgIpc) is 3.15. The summed E-state index contributed by atoms with van der Waals surface area (Å²) in [5.74, 6) is 1.32. The lowest BCUT2D eigenvalue weighted by atomic mass is 10.2. The highest BCUT2D eigenvalue weighted by molar-refractivity contribution is 7.99. The molecule has 0 unspecified atom stereocenters. The summed E-state index contributed by atoms with van der Waals surface area (Å²) in [7, 11) is 3.08. The molecule has 0 bridgehead atoms. The fourth-order valence-corrected chi connectivity index (χ4v) is 3.03. The van der Waals surface area contributed by atoms with Gasteiger partial charge in [-0.1, -0.05) is 35.5 Å². The molecule has 9 heteroatoms. The molecule has 1 heterocycles. The van der Waals surface area contributed by atoms with Crippen LogP contribution in [0.4, 0.5) is 5.69 Å². The van der Waals surface area contributed by atoms with E-state index in [0.29, 0.717) is 33.7 Å². The standard InChI is InChI=1S/C18H16ClN3O4S/c1-24-14-8-7-11(9-15(14)25-2)20-16(23)10-27-18-22-21-17(26-18)12-5-3-4-6-13(12)19/h3-9H,10H2,1-2H3,(H,20,23). The van der Waals surface area contributed by atoms with Gasteiger partial charge in [0, 0.05) is 11.8 Å². The smallest absolute Gasteiger partial charge is 0.277 e. The van der Waals surface area contributed by atoms with Gasteiger partial charge >= 0.3 is 0 Å². The zero-order chi connectivity index (χ0) is 19.2. The minimum Gasteiger partial charge on any atom is -0.493 e. The second-order valence-corrected chi connectivity index (χ2v) is 6.59. The van der Waals surface area contributed by atoms with E-state index in [0.717, 1.165) is 11.8 Å². The van der Waals surface area contributed by atoms with E-state index in [1.54, 1.807) is 37.4 Å². The van der Waals surface area contributed by atoms with E-state index in [1.165, 1.54) is 7.11 Å². The second kappa shape index (κ2) is 8.79. The number of nitrogens with one attached hydrogen (secondary N) is 1. The number of hydrogen-bond acceptors (Lipinski definition) is 7. The molecule has 0 fully saturated rings. The lowest BCUT2D eigenvalue weighted by molar-refractivity contribution is -0.113. The van der Waals surface area contributed by atoms with Gasteiger partial charge in [0.2, 0.25) is 11.8 Å². The molecule has 3 rings (SSSR count). The summed E-state index contributed by atoms with van der Waals surface area (Å²) in [6.45, 7) is 0. The number of aromatic nitrogens is 2. The van der Waals surface area contributed by atoms with Gasteiger partial charge < -0.3 is 19.2 Å². The zero-order valence-electron chi connectivity index (χ0n) is 14.6. The number of methoxy groups -OCH3 is 2. The van der Waals surface area contributed by atoms with Gasteiger partial charge in [0.15, 0.2) is 11.5 Å². The quantitative estimate of drug-likeness (QED) is 0.591. The van der Waals surface area contributed by atoms with Crippen molar-refractivity contribution >= 4 is 35.0 Å². The normalized spacial score (nSPS) is 10.5. The number of hydrogen-bond donors (Lipinski definition) is 1. The summed E-state index contributed by atoms with van der Waals surface area (Å²) < 4.78 is 15.9. The third-order valence-corrected chi connectivity index (χ3v) is 4.65. The highest BCUT2D eigenvalue weighted by Crippen LogP contribution is 2.30. The van der Waals surface area contributed by atoms with E-state index in [2.05, 4.69) is 15.5 Å². The van der Waals surface area contributed by atoms with Gasteiger partial charge in [-0.3, -0.25) is 4.79 Å². The average molecular weight is 406 g/mol. The summed E-state index contributed by atoms with van der Waals surface area (Å²) in [5, 5.41) is 11.5. The molecule has 2 aromatic carbocycles. The van der Waals surface area contributed by atoms with Crippen LogP contribution in [0.2, 0.25) is 5.02 Å². The zero-order valence-corrected chi connectivity index (χ0v) is 16.1. The molecule has 0 aliphatic heterocycles. The van der Waals surface area contributed by atoms with Crippen LogP contribution in [0.25, 0.3) is 11.5 Å². The molecule has 27 heavy (non-hydrogen) atoms. The summed E-state index contributed by atoms with van der Waals surface area (Å²) >= 11 is 7.25. The van der Waals surface area contributed by atoms with Gasteiger partial charge in [-0.15, -0.1) is 10.2 Å². The van der Waals surface area contributed by atoms with Crippen molar-refractivity contribution in [3.63, 3.8) is 0 Å². The number of anilines is 1. The maximum atomic E-state index is 12.2. The highest BCUT2D eigenvalue weighted by atomic mass is 35.5. The number of nitrogens with zero attached hydrogens (tertiary/aromatic N) is 2. The van der Waals surface area contributed by atoms with E-state index in [-0.39, 0.29) is 16.9 Å². The molecule has 0 aliphatic rings. The molecule has 0 atom stereocenters. The van der Waals surface area contributed by atoms with Crippen LogP contribution in [-0.4, -0.2) is 36.1 Å². The molecule has 1 aromatic heterocycles. The Hall–Kier alpha value is -2.71. The molecular formula is C18H16ClN3O4S. The molecule has 7 nitrogen and oxygen atoms in total. The van der Waals surface area contributed by atoms with Crippen molar-refractivity contribution in [2.75, 3.05) is 25.3 Å². The number of benzene rings is 2. The molecule has 1 N–H and O–H groups in total. The molecule has 0 saturated carbocycles. The van der Waals surface area contributed by atoms with Crippen molar-refractivity contribution in [3.8, 4) is 23.0 Å². The number of halogens is 1. The van der Waals surface area contributed by atoms with Crippen molar-refractivity contribution in [3.05, 3.63) is 47.5 Å². The van der Waals surface area contributed by atoms with E-state index < -0.39 is 0 Å². The molecule has 1 amide bonds. The topological polar surface area (TPSA) is 86.5 Å². The molecule has 0 saturated heterocycles. The number of amides is 1. The molecule has 3 aromatic rings. The Morgan fingerprint density at radius 1 is 1.15 bits per heavy atom. The van der Waals surface area contributed by atoms with Crippen molar-refractivity contribution in [2.24, 2.45) is 0 Å². The van der Waals surface area contributed by atoms with Gasteiger partial charge in [-0.2, -0.15) is 0 Å². The predicted molar refractivity (Wildman–Crippen MR) is 104 cm³/mol. The summed E-state index contributed by atoms with van der Waals surface area (Å²) in [6, 6.07) is 12.3. The van der Waals surface area contributed by atoms with Crippen molar-refractivity contribution in [1.29, 1.82) is 0 Å². The van der Waals surface area contributed by atoms with E-state index in [1.807, 2.05) is 12.1 Å². The number of rotatable bonds is 7. The van der Waals surface area contributed by atoms with E-state index in [4.69, 9.17) is 25.5 Å². The molecule has 0 radical (unpaired) electrons. The van der Waals surface area contributed by atoms with Crippen LogP contribution in [0, 0.1) is 0 Å². The van der Waals surface area contributed by atoms with Crippen LogP contribution in [0.1, 0.15) is 0 Å². The van der Waals surface area contributed by atoms with Crippen LogP contribution in [-0.2, 0) is 4.79 Å². The fourth-order valence-electron chi connectivity index (χ4n) is 2.25. The molecule has 0 spiro atoms. The number of ether oxygens (including phenoxy) is 2. The minimum absolute atomic E-state index is 0.110. The molecular weight excluding hydrogens is 390 g/mol. The summed E-state index contributed by atoms with van der Waals surface area (Å²) in [4.78, 5) is 12.2. The van der Waals surface area contributed by atoms with Gasteiger partial charge in [0.25, 0.3) is 5.22 Å². The first-order valence-electron chi connectivity index (χ1n) is 7.84. The SMILES string of the molecule is COc1ccc(NC(=O)CSc2nnc(-c3ccccc3Cl)o2)cc1OC. The third-order valence-electron chi connectivity index (χ3n) is 3.50. The predicted octanol–water partition coefficient (Wildman–Crippen LogP) is 4.14. The largest absolute Gasteiger partial charge is 0.493 e. The number of thioether (sulfide) groups is 1. The van der Waals surface area contributed by atoms with Gasteiger partial charge in [0.1, 0.15) is 0 Å². The summed E-state index contributed by atoms with van der Waals surface area (Å²) in [5.41, 5.74) is 1.24. The lowest BCUT2D eigenvalue weighted by Gasteiger charge is -2.10. The van der Waals surface area contributed by atoms with Gasteiger partial charge in [-0.25, -0.2) is 0 Å². The number of carbonyl (C=O) groups excluding carboxylic acids is 1. The van der Waals surface area contributed by atoms with Crippen molar-refractivity contribution < 1.29 is 18.7 Å². The Morgan fingerprint density at radius 2 is 1.93 bits per heavy atom. The Labute approximate surface area is 165 Å². The molecule has 140 valence electrons. The minimum atomic E-state index is -0.218. The Morgan fingerprint density at radius 3 is 2.67 bits per heavy atom. The van der Waals surface area contributed by atoms with Crippen LogP contribution in [0.15, 0.2) is 52.1 Å². The maximum absolute atomic E-state index is 12.2. The first-order chi connectivity index (χ1) is 13.1. The Balaban J connectivity index is 1.59. The third kappa shape index (κ3) is 4.72. The lowest BCUT2D eigenvalue weighted by Crippen LogP contribution is -2.14. The maximum Gasteiger partial charge on any atom is 0.277 e. The Bertz CT molecular complexity index is 948. The second-order valence-electron chi connectivity index (χ2n) is 5.26. The van der Waals surface area contributed by atoms with Crippen LogP contribution in [0.3, 0.4) is 0 Å². The van der Waals surface area contributed by atoms with E-state index in [9.17, 15) is 4.79 Å². The van der Waals surface area contributed by atoms with Gasteiger partial charge in [0.05, 0.1) is 30.6 Å². The van der Waals surface area contributed by atoms with E-state index >= 15 is 0 Å². The van der Waals surface area contributed by atoms with Gasteiger partial charge in [-0.05, 0) is 24.3 Å².